The van der Waals surface area contributed by atoms with Crippen LogP contribution in [0.1, 0.15) is 41.5 Å². The first-order chi connectivity index (χ1) is 13.7. The highest BCUT2D eigenvalue weighted by Gasteiger charge is 2.50. The number of hydrogen-bond acceptors (Lipinski definition) is 3. The molecule has 0 aliphatic carbocycles. The van der Waals surface area contributed by atoms with E-state index in [0.717, 1.165) is 0 Å². The van der Waals surface area contributed by atoms with Crippen LogP contribution < -0.4 is 10.4 Å². The van der Waals surface area contributed by atoms with Crippen LogP contribution in [0, 0.1) is 11.8 Å². The standard InChI is InChI=1S/C25H32O3Si/c1-20-23(28-25(5,6)27-20)18-13-19-26-29(24(2,3)4,21-14-9-7-10-15-21)22-16-11-8-12-17-22/h7-12,14-17,20,23H,19H2,1-6H3/t20-,23-/m1/s1. The first-order valence-electron chi connectivity index (χ1n) is 10.2. The Balaban J connectivity index is 1.92. The van der Waals surface area contributed by atoms with E-state index in [2.05, 4.69) is 93.3 Å². The Kier molecular flexibility index (Phi) is 6.35. The van der Waals surface area contributed by atoms with Crippen LogP contribution in [0.5, 0.6) is 0 Å². The molecule has 1 aliphatic rings. The van der Waals surface area contributed by atoms with Gasteiger partial charge in [-0.1, -0.05) is 93.3 Å². The van der Waals surface area contributed by atoms with Crippen LogP contribution in [-0.2, 0) is 13.9 Å². The molecule has 0 saturated carbocycles. The Morgan fingerprint density at radius 3 is 1.86 bits per heavy atom. The van der Waals surface area contributed by atoms with Crippen molar-refractivity contribution >= 4 is 18.7 Å². The average molecular weight is 409 g/mol. The number of ether oxygens (including phenoxy) is 2. The molecule has 0 aromatic heterocycles. The van der Waals surface area contributed by atoms with Crippen molar-refractivity contribution in [1.29, 1.82) is 0 Å². The molecular formula is C25H32O3Si. The quantitative estimate of drug-likeness (QED) is 0.563. The molecule has 0 radical (unpaired) electrons. The second-order valence-electron chi connectivity index (χ2n) is 9.03. The van der Waals surface area contributed by atoms with Crippen LogP contribution in [0.25, 0.3) is 0 Å². The summed E-state index contributed by atoms with van der Waals surface area (Å²) >= 11 is 0. The zero-order chi connectivity index (χ0) is 21.1. The molecule has 1 fully saturated rings. The van der Waals surface area contributed by atoms with Gasteiger partial charge in [-0.25, -0.2) is 0 Å². The minimum Gasteiger partial charge on any atom is -0.396 e. The summed E-state index contributed by atoms with van der Waals surface area (Å²) in [6.07, 6.45) is -0.280. The van der Waals surface area contributed by atoms with E-state index < -0.39 is 14.1 Å². The van der Waals surface area contributed by atoms with Gasteiger partial charge in [-0.05, 0) is 36.2 Å². The Hall–Kier alpha value is -1.90. The highest BCUT2D eigenvalue weighted by molar-refractivity contribution is 6.99. The highest BCUT2D eigenvalue weighted by atomic mass is 28.4. The van der Waals surface area contributed by atoms with Gasteiger partial charge in [0.2, 0.25) is 0 Å². The van der Waals surface area contributed by atoms with Gasteiger partial charge in [0, 0.05) is 0 Å². The number of rotatable bonds is 4. The molecule has 1 heterocycles. The maximum atomic E-state index is 6.78. The predicted octanol–water partition coefficient (Wildman–Crippen LogP) is 4.11. The first kappa shape index (κ1) is 21.8. The molecule has 2 aromatic carbocycles. The van der Waals surface area contributed by atoms with Crippen LogP contribution in [0.2, 0.25) is 5.04 Å². The lowest BCUT2D eigenvalue weighted by molar-refractivity contribution is -0.140. The molecule has 154 valence electrons. The lowest BCUT2D eigenvalue weighted by Gasteiger charge is -2.42. The molecule has 1 aliphatic heterocycles. The maximum absolute atomic E-state index is 6.78. The SMILES string of the molecule is C[C@H]1OC(C)(C)O[C@@H]1C#CCO[Si](c1ccccc1)(c1ccccc1)C(C)(C)C. The summed E-state index contributed by atoms with van der Waals surface area (Å²) in [5.41, 5.74) is 0. The van der Waals surface area contributed by atoms with E-state index in [0.29, 0.717) is 6.61 Å². The molecule has 0 unspecified atom stereocenters. The lowest BCUT2D eigenvalue weighted by Crippen LogP contribution is -2.66. The van der Waals surface area contributed by atoms with Gasteiger partial charge in [-0.2, -0.15) is 0 Å². The number of benzene rings is 2. The Morgan fingerprint density at radius 2 is 1.45 bits per heavy atom. The molecule has 0 amide bonds. The van der Waals surface area contributed by atoms with Crippen molar-refractivity contribution in [2.24, 2.45) is 0 Å². The van der Waals surface area contributed by atoms with Gasteiger partial charge in [0.1, 0.15) is 6.10 Å². The van der Waals surface area contributed by atoms with Gasteiger partial charge in [0.05, 0.1) is 12.7 Å². The summed E-state index contributed by atoms with van der Waals surface area (Å²) in [7, 11) is -2.55. The molecule has 0 bridgehead atoms. The third-order valence-corrected chi connectivity index (χ3v) is 10.3. The summed E-state index contributed by atoms with van der Waals surface area (Å²) in [4.78, 5) is 0. The fraction of sp³-hybridized carbons (Fsp3) is 0.440. The third kappa shape index (κ3) is 4.65. The highest BCUT2D eigenvalue weighted by Crippen LogP contribution is 2.36. The topological polar surface area (TPSA) is 27.7 Å². The second kappa shape index (κ2) is 8.45. The molecule has 3 rings (SSSR count). The molecule has 2 atom stereocenters. The Morgan fingerprint density at radius 1 is 0.931 bits per heavy atom. The minimum absolute atomic E-state index is 0.0506. The van der Waals surface area contributed by atoms with E-state index in [4.69, 9.17) is 13.9 Å². The minimum atomic E-state index is -2.55. The van der Waals surface area contributed by atoms with Crippen LogP contribution >= 0.6 is 0 Å². The van der Waals surface area contributed by atoms with Crippen LogP contribution in [0.3, 0.4) is 0 Å². The molecule has 0 spiro atoms. The van der Waals surface area contributed by atoms with Gasteiger partial charge < -0.3 is 13.9 Å². The Bertz CT molecular complexity index is 820. The summed E-state index contributed by atoms with van der Waals surface area (Å²) in [5.74, 6) is 5.85. The van der Waals surface area contributed by atoms with Crippen LogP contribution in [-0.4, -0.2) is 32.9 Å². The van der Waals surface area contributed by atoms with Crippen molar-refractivity contribution in [2.45, 2.75) is 64.6 Å². The molecule has 4 heteroatoms. The van der Waals surface area contributed by atoms with Crippen molar-refractivity contribution in [3.63, 3.8) is 0 Å². The van der Waals surface area contributed by atoms with Gasteiger partial charge in [0.15, 0.2) is 5.79 Å². The largest absolute Gasteiger partial charge is 0.396 e. The van der Waals surface area contributed by atoms with E-state index in [1.807, 2.05) is 20.8 Å². The van der Waals surface area contributed by atoms with E-state index in [9.17, 15) is 0 Å². The summed E-state index contributed by atoms with van der Waals surface area (Å²) in [5, 5.41) is 2.46. The maximum Gasteiger partial charge on any atom is 0.262 e. The van der Waals surface area contributed by atoms with Crippen molar-refractivity contribution in [2.75, 3.05) is 6.61 Å². The first-order valence-corrected chi connectivity index (χ1v) is 12.2. The fourth-order valence-electron chi connectivity index (χ4n) is 4.13. The predicted molar refractivity (Wildman–Crippen MR) is 121 cm³/mol. The van der Waals surface area contributed by atoms with Gasteiger partial charge in [-0.15, -0.1) is 0 Å². The molecule has 2 aromatic rings. The van der Waals surface area contributed by atoms with Gasteiger partial charge >= 0.3 is 0 Å². The van der Waals surface area contributed by atoms with Crippen molar-refractivity contribution in [3.05, 3.63) is 60.7 Å². The van der Waals surface area contributed by atoms with Crippen molar-refractivity contribution in [1.82, 2.24) is 0 Å². The summed E-state index contributed by atoms with van der Waals surface area (Å²) < 4.78 is 18.5. The van der Waals surface area contributed by atoms with E-state index >= 15 is 0 Å². The fourth-order valence-corrected chi connectivity index (χ4v) is 8.58. The zero-order valence-corrected chi connectivity index (χ0v) is 19.4. The smallest absolute Gasteiger partial charge is 0.262 e. The molecule has 0 N–H and O–H groups in total. The third-order valence-electron chi connectivity index (χ3n) is 5.33. The van der Waals surface area contributed by atoms with E-state index in [1.54, 1.807) is 0 Å². The van der Waals surface area contributed by atoms with E-state index in [-0.39, 0.29) is 17.2 Å². The molecule has 1 saturated heterocycles. The van der Waals surface area contributed by atoms with Crippen LogP contribution in [0.4, 0.5) is 0 Å². The molecular weight excluding hydrogens is 376 g/mol. The van der Waals surface area contributed by atoms with Crippen molar-refractivity contribution in [3.8, 4) is 11.8 Å². The lowest BCUT2D eigenvalue weighted by atomic mass is 10.2. The normalized spacial score (nSPS) is 21.4. The monoisotopic (exact) mass is 408 g/mol. The number of hydrogen-bond donors (Lipinski definition) is 0. The summed E-state index contributed by atoms with van der Waals surface area (Å²) in [6.45, 7) is 13.0. The molecule has 29 heavy (non-hydrogen) atoms. The average Bonchev–Trinajstić information content (AvgIpc) is 2.94. The van der Waals surface area contributed by atoms with Gasteiger partial charge in [0.25, 0.3) is 8.32 Å². The van der Waals surface area contributed by atoms with Gasteiger partial charge in [-0.3, -0.25) is 0 Å². The van der Waals surface area contributed by atoms with Crippen molar-refractivity contribution < 1.29 is 13.9 Å². The van der Waals surface area contributed by atoms with E-state index in [1.165, 1.54) is 10.4 Å². The summed E-state index contributed by atoms with van der Waals surface area (Å²) in [6, 6.07) is 21.2. The van der Waals surface area contributed by atoms with Crippen LogP contribution in [0.15, 0.2) is 60.7 Å². The molecule has 3 nitrogen and oxygen atoms in total. The Labute approximate surface area is 176 Å². The zero-order valence-electron chi connectivity index (χ0n) is 18.4. The second-order valence-corrected chi connectivity index (χ2v) is 13.3.